The Morgan fingerprint density at radius 3 is 2.43 bits per heavy atom. The number of carbonyl (C=O) groups excluding carboxylic acids is 3. The van der Waals surface area contributed by atoms with Crippen LogP contribution in [0.3, 0.4) is 0 Å². The lowest BCUT2D eigenvalue weighted by molar-refractivity contribution is -0.909. The lowest BCUT2D eigenvalue weighted by Crippen LogP contribution is -3.18. The summed E-state index contributed by atoms with van der Waals surface area (Å²) in [6, 6.07) is -2.62. The average molecular weight is 621 g/mol. The summed E-state index contributed by atoms with van der Waals surface area (Å²) in [6.07, 6.45) is -0.931. The molecule has 2 fully saturated rings. The number of hydrogen-bond acceptors (Lipinski definition) is 12. The van der Waals surface area contributed by atoms with Crippen LogP contribution < -0.4 is 27.0 Å². The molecule has 9 N–H and O–H groups in total. The zero-order chi connectivity index (χ0) is 31.4. The third kappa shape index (κ3) is 8.67. The fourth-order valence-electron chi connectivity index (χ4n) is 5.93. The number of nitrogens with one attached hydrogen (secondary N) is 3. The number of rotatable bonds is 13. The Bertz CT molecular complexity index is 1120. The summed E-state index contributed by atoms with van der Waals surface area (Å²) in [6.45, 7) is 4.16. The van der Waals surface area contributed by atoms with E-state index < -0.39 is 83.4 Å². The van der Waals surface area contributed by atoms with Crippen molar-refractivity contribution in [2.24, 2.45) is 23.3 Å². The highest BCUT2D eigenvalue weighted by atomic mass is 32.3. The van der Waals surface area contributed by atoms with Crippen LogP contribution in [0.1, 0.15) is 39.5 Å². The van der Waals surface area contributed by atoms with Crippen LogP contribution in [0, 0.1) is 11.8 Å². The highest BCUT2D eigenvalue weighted by molar-refractivity contribution is 7.80. The van der Waals surface area contributed by atoms with E-state index in [4.69, 9.17) is 16.2 Å². The number of aliphatic hydroxyl groups is 2. The van der Waals surface area contributed by atoms with E-state index in [1.165, 1.54) is 4.90 Å². The van der Waals surface area contributed by atoms with Crippen LogP contribution in [-0.4, -0.2) is 122 Å². The number of amides is 3. The van der Waals surface area contributed by atoms with Gasteiger partial charge in [0, 0.05) is 19.7 Å². The van der Waals surface area contributed by atoms with Crippen LogP contribution >= 0.6 is 0 Å². The van der Waals surface area contributed by atoms with E-state index in [9.17, 15) is 37.6 Å². The van der Waals surface area contributed by atoms with Crippen molar-refractivity contribution in [3.8, 4) is 0 Å². The number of fused-ring (bicyclic) bond motifs is 1. The van der Waals surface area contributed by atoms with E-state index >= 15 is 0 Å². The zero-order valence-corrected chi connectivity index (χ0v) is 24.9. The van der Waals surface area contributed by atoms with Gasteiger partial charge in [-0.1, -0.05) is 13.8 Å². The predicted molar refractivity (Wildman–Crippen MR) is 146 cm³/mol. The molecule has 0 aromatic heterocycles. The lowest BCUT2D eigenvalue weighted by atomic mass is 9.81. The quantitative estimate of drug-likeness (QED) is 0.0444. The minimum atomic E-state index is -5.09. The Kier molecular flexibility index (Phi) is 11.8. The molecule has 1 saturated heterocycles. The fourth-order valence-corrected chi connectivity index (χ4v) is 6.22. The maximum absolute atomic E-state index is 14.0. The molecule has 8 unspecified atom stereocenters. The number of hydrogen-bond donors (Lipinski definition) is 7. The van der Waals surface area contributed by atoms with Gasteiger partial charge in [-0.3, -0.25) is 30.0 Å². The Morgan fingerprint density at radius 2 is 1.86 bits per heavy atom. The van der Waals surface area contributed by atoms with Gasteiger partial charge in [0.2, 0.25) is 22.2 Å². The summed E-state index contributed by atoms with van der Waals surface area (Å²) in [5.74, 6) is -2.58. The van der Waals surface area contributed by atoms with E-state index in [1.807, 2.05) is 6.08 Å². The first-order valence-corrected chi connectivity index (χ1v) is 15.4. The van der Waals surface area contributed by atoms with Crippen LogP contribution in [0.4, 0.5) is 0 Å². The van der Waals surface area contributed by atoms with Crippen LogP contribution in [-0.2, 0) is 33.7 Å². The van der Waals surface area contributed by atoms with E-state index in [0.29, 0.717) is 26.1 Å². The number of ether oxygens (including phenoxy) is 1. The van der Waals surface area contributed by atoms with Crippen LogP contribution in [0.25, 0.3) is 0 Å². The number of nitrogens with two attached hydrogens (primary N) is 2. The average Bonchev–Trinajstić information content (AvgIpc) is 3.52. The monoisotopic (exact) mass is 620 g/mol. The van der Waals surface area contributed by atoms with Crippen molar-refractivity contribution in [2.45, 2.75) is 82.3 Å². The number of carbonyl (C=O) groups is 3. The predicted octanol–water partition coefficient (Wildman–Crippen LogP) is -4.75. The zero-order valence-electron chi connectivity index (χ0n) is 24.1. The highest BCUT2D eigenvalue weighted by Crippen LogP contribution is 2.40. The van der Waals surface area contributed by atoms with Gasteiger partial charge in [-0.15, -0.1) is 0 Å². The Morgan fingerprint density at radius 1 is 1.19 bits per heavy atom. The van der Waals surface area contributed by atoms with Crippen molar-refractivity contribution < 1.29 is 51.4 Å². The number of methoxy groups -OCH3 is 1. The van der Waals surface area contributed by atoms with E-state index in [-0.39, 0.29) is 25.2 Å². The molecule has 2 heterocycles. The van der Waals surface area contributed by atoms with E-state index in [0.717, 1.165) is 17.6 Å². The molecule has 240 valence electrons. The van der Waals surface area contributed by atoms with Gasteiger partial charge in [0.1, 0.15) is 25.2 Å². The Hall–Kier alpha value is -2.22. The van der Waals surface area contributed by atoms with E-state index in [1.54, 1.807) is 13.8 Å². The second kappa shape index (κ2) is 14.5. The molecule has 3 rings (SSSR count). The molecule has 1 saturated carbocycles. The molecule has 16 nitrogen and oxygen atoms in total. The molecule has 0 radical (unpaired) electrons. The normalized spacial score (nSPS) is 29.3. The molecular formula is C25H44N6O10S. The summed E-state index contributed by atoms with van der Waals surface area (Å²) >= 11 is 0. The van der Waals surface area contributed by atoms with Gasteiger partial charge in [-0.2, -0.15) is 0 Å². The maximum Gasteiger partial charge on any atom is 0.252 e. The Balaban J connectivity index is 1.75. The molecule has 1 aliphatic carbocycles. The lowest BCUT2D eigenvalue weighted by Gasteiger charge is -2.39. The van der Waals surface area contributed by atoms with Gasteiger partial charge in [0.05, 0.1) is 18.8 Å². The van der Waals surface area contributed by atoms with Crippen molar-refractivity contribution >= 4 is 28.1 Å². The molecule has 0 aromatic rings. The number of nitrogens with zero attached hydrogens (tertiary/aromatic N) is 1. The standard InChI is InChI=1S/C25H44N6O10S/c1-13(2)21(29-23(35)20(40-3)12-41-42(37,38)39)24(36)31-16-10-19(33)18(32)9-15(16)8-17(31)22(34)28-6-4-14-5-7-30(11-14)25(26)27/h5,13,15-21,25,32-33H,4,6-12,26-27H2,1-3H3,(H,28,34)(H,29,35)(H,37,38,39). The molecule has 8 atom stereocenters. The molecular weight excluding hydrogens is 576 g/mol. The smallest absolute Gasteiger partial charge is 0.252 e. The molecule has 17 heteroatoms. The molecule has 2 aliphatic heterocycles. The summed E-state index contributed by atoms with van der Waals surface area (Å²) in [5, 5.41) is 26.1. The first-order chi connectivity index (χ1) is 19.6. The van der Waals surface area contributed by atoms with Crippen molar-refractivity contribution in [3.05, 3.63) is 11.6 Å². The first-order valence-electron chi connectivity index (χ1n) is 14.1. The van der Waals surface area contributed by atoms with Crippen molar-refractivity contribution in [3.63, 3.8) is 0 Å². The SMILES string of the molecule is COC(COS(=O)(=O)[O-])C(=O)NC(C(=O)N1C(C(=O)NCCC2=CC[NH+](C(N)N)C2)CC2CC(O)C(O)CC21)C(C)C. The molecule has 0 spiro atoms. The van der Waals surface area contributed by atoms with Crippen molar-refractivity contribution in [2.75, 3.05) is 33.4 Å². The Labute approximate surface area is 245 Å². The molecule has 0 aromatic carbocycles. The largest absolute Gasteiger partial charge is 0.726 e. The summed E-state index contributed by atoms with van der Waals surface area (Å²) in [7, 11) is -3.97. The molecule has 0 bridgehead atoms. The molecule has 3 aliphatic rings. The van der Waals surface area contributed by atoms with E-state index in [2.05, 4.69) is 14.8 Å². The third-order valence-electron chi connectivity index (χ3n) is 8.29. The van der Waals surface area contributed by atoms with Crippen molar-refractivity contribution in [1.29, 1.82) is 0 Å². The van der Waals surface area contributed by atoms with Gasteiger partial charge in [0.15, 0.2) is 12.4 Å². The van der Waals surface area contributed by atoms with Gasteiger partial charge in [-0.25, -0.2) is 8.42 Å². The second-order valence-electron chi connectivity index (χ2n) is 11.5. The molecule has 42 heavy (non-hydrogen) atoms. The first kappa shape index (κ1) is 34.3. The fraction of sp³-hybridized carbons (Fsp3) is 0.800. The van der Waals surface area contributed by atoms with Gasteiger partial charge in [0.25, 0.3) is 5.91 Å². The minimum Gasteiger partial charge on any atom is -0.726 e. The van der Waals surface area contributed by atoms with Gasteiger partial charge >= 0.3 is 0 Å². The number of aliphatic hydroxyl groups excluding tert-OH is 2. The highest BCUT2D eigenvalue weighted by Gasteiger charge is 2.52. The van der Waals surface area contributed by atoms with Gasteiger partial charge < -0.3 is 39.9 Å². The minimum absolute atomic E-state index is 0.0564. The van der Waals surface area contributed by atoms with Crippen LogP contribution in [0.5, 0.6) is 0 Å². The number of quaternary nitrogens is 1. The maximum atomic E-state index is 14.0. The third-order valence-corrected chi connectivity index (χ3v) is 8.71. The molecule has 3 amide bonds. The summed E-state index contributed by atoms with van der Waals surface area (Å²) in [5.41, 5.74) is 12.6. The summed E-state index contributed by atoms with van der Waals surface area (Å²) in [4.78, 5) is 42.8. The van der Waals surface area contributed by atoms with Gasteiger partial charge in [-0.05, 0) is 49.2 Å². The summed E-state index contributed by atoms with van der Waals surface area (Å²) < 4.78 is 41.6. The van der Waals surface area contributed by atoms with Crippen LogP contribution in [0.2, 0.25) is 0 Å². The van der Waals surface area contributed by atoms with Crippen LogP contribution in [0.15, 0.2) is 11.6 Å². The second-order valence-corrected chi connectivity index (χ2v) is 12.6. The topological polar surface area (TPSA) is 251 Å². The van der Waals surface area contributed by atoms with Crippen molar-refractivity contribution in [1.82, 2.24) is 15.5 Å². The number of likely N-dealkylation sites (tertiary alicyclic amines) is 1.